The smallest absolute Gasteiger partial charge is 0.309 e. The third-order valence-electron chi connectivity index (χ3n) is 5.03. The Hall–Kier alpha value is -2.48. The molecular formula is C22H29N4O2S+. The molecule has 2 aromatic carbocycles. The first kappa shape index (κ1) is 21.2. The standard InChI is InChI=1S/C22H28N4O2S/c1-16-22(17(2)26(5)23-16)24-29(27,28)21-11-9-19(10-12-21)20-8-6-7-18(15-20)13-14-25(3)4/h6-12,15H,13-14H2,1-5H3,(H-,24,27,28)/p+1. The highest BCUT2D eigenvalue weighted by molar-refractivity contribution is 7.99. The molecule has 3 rings (SSSR count). The first-order valence-corrected chi connectivity index (χ1v) is 11.1. The van der Waals surface area contributed by atoms with Gasteiger partial charge in [-0.3, -0.25) is 4.68 Å². The minimum atomic E-state index is -3.43. The third kappa shape index (κ3) is 4.93. The average Bonchev–Trinajstić information content (AvgIpc) is 2.92. The number of benzene rings is 2. The first-order chi connectivity index (χ1) is 13.7. The molecular weight excluding hydrogens is 384 g/mol. The molecule has 0 bridgehead atoms. The summed E-state index contributed by atoms with van der Waals surface area (Å²) in [5.41, 5.74) is 5.50. The number of aromatic nitrogens is 2. The molecule has 29 heavy (non-hydrogen) atoms. The van der Waals surface area contributed by atoms with Crippen molar-refractivity contribution >= 4 is 16.1 Å². The summed E-state index contributed by atoms with van der Waals surface area (Å²) in [5.74, 6) is 0. The van der Waals surface area contributed by atoms with Gasteiger partial charge in [0.2, 0.25) is 4.90 Å². The van der Waals surface area contributed by atoms with Crippen LogP contribution in [0.4, 0.5) is 5.69 Å². The largest absolute Gasteiger partial charge is 0.346 e. The minimum Gasteiger partial charge on any atom is -0.309 e. The van der Waals surface area contributed by atoms with Crippen molar-refractivity contribution in [1.82, 2.24) is 14.7 Å². The van der Waals surface area contributed by atoms with Crippen LogP contribution in [0.5, 0.6) is 0 Å². The summed E-state index contributed by atoms with van der Waals surface area (Å²) in [5, 5.41) is 4.29. The molecule has 0 spiro atoms. The summed E-state index contributed by atoms with van der Waals surface area (Å²) in [6.07, 6.45) is 0.983. The summed E-state index contributed by atoms with van der Waals surface area (Å²) >= 11 is 0. The molecule has 7 heteroatoms. The van der Waals surface area contributed by atoms with Crippen LogP contribution < -0.4 is 4.72 Å². The number of hydrogen-bond donors (Lipinski definition) is 2. The van der Waals surface area contributed by atoms with Crippen molar-refractivity contribution in [2.75, 3.05) is 25.4 Å². The van der Waals surface area contributed by atoms with E-state index in [1.165, 1.54) is 5.56 Å². The van der Waals surface area contributed by atoms with Crippen molar-refractivity contribution in [3.05, 3.63) is 65.5 Å². The monoisotopic (exact) mass is 413 g/mol. The van der Waals surface area contributed by atoms with Gasteiger partial charge in [-0.25, -0.2) is 0 Å². The van der Waals surface area contributed by atoms with E-state index in [2.05, 4.69) is 53.1 Å². The predicted octanol–water partition coefficient (Wildman–Crippen LogP) is 4.17. The topological polar surface area (TPSA) is 70.4 Å². The lowest BCUT2D eigenvalue weighted by Crippen LogP contribution is -2.21. The zero-order chi connectivity index (χ0) is 21.2. The lowest BCUT2D eigenvalue weighted by Gasteiger charge is -2.11. The Kier molecular flexibility index (Phi) is 6.21. The summed E-state index contributed by atoms with van der Waals surface area (Å²) in [6, 6.07) is 15.6. The molecule has 0 aliphatic carbocycles. The fourth-order valence-corrected chi connectivity index (χ4v) is 4.40. The van der Waals surface area contributed by atoms with Crippen molar-refractivity contribution in [3.63, 3.8) is 0 Å². The van der Waals surface area contributed by atoms with Gasteiger partial charge >= 0.3 is 10.4 Å². The van der Waals surface area contributed by atoms with Crippen LogP contribution in [0.2, 0.25) is 0 Å². The number of likely N-dealkylation sites (N-methyl/N-ethyl adjacent to an activating group) is 1. The Labute approximate surface area is 173 Å². The van der Waals surface area contributed by atoms with Crippen molar-refractivity contribution < 1.29 is 8.76 Å². The van der Waals surface area contributed by atoms with Gasteiger partial charge < -0.3 is 4.90 Å². The highest BCUT2D eigenvalue weighted by atomic mass is 32.3. The molecule has 154 valence electrons. The van der Waals surface area contributed by atoms with Crippen molar-refractivity contribution in [1.29, 1.82) is 0 Å². The highest BCUT2D eigenvalue weighted by Gasteiger charge is 2.31. The van der Waals surface area contributed by atoms with Crippen LogP contribution in [0.25, 0.3) is 11.1 Å². The van der Waals surface area contributed by atoms with E-state index in [0.29, 0.717) is 16.3 Å². The quantitative estimate of drug-likeness (QED) is 0.571. The maximum atomic E-state index is 12.9. The van der Waals surface area contributed by atoms with Crippen LogP contribution in [0, 0.1) is 13.8 Å². The van der Waals surface area contributed by atoms with Crippen molar-refractivity contribution in [2.45, 2.75) is 25.2 Å². The normalized spacial score (nSPS) is 13.5. The van der Waals surface area contributed by atoms with E-state index in [4.69, 9.17) is 0 Å². The fraction of sp³-hybridized carbons (Fsp3) is 0.318. The van der Waals surface area contributed by atoms with E-state index in [-0.39, 0.29) is 0 Å². The Morgan fingerprint density at radius 3 is 2.38 bits per heavy atom. The van der Waals surface area contributed by atoms with E-state index in [9.17, 15) is 8.76 Å². The second-order valence-electron chi connectivity index (χ2n) is 7.58. The molecule has 0 aliphatic rings. The van der Waals surface area contributed by atoms with Crippen LogP contribution in [-0.4, -0.2) is 39.9 Å². The maximum Gasteiger partial charge on any atom is 0.346 e. The van der Waals surface area contributed by atoms with Crippen LogP contribution in [0.1, 0.15) is 17.0 Å². The van der Waals surface area contributed by atoms with Crippen LogP contribution >= 0.6 is 0 Å². The van der Waals surface area contributed by atoms with E-state index < -0.39 is 10.4 Å². The van der Waals surface area contributed by atoms with Gasteiger partial charge in [-0.05, 0) is 79.5 Å². The molecule has 3 aromatic rings. The number of nitrogens with zero attached hydrogens (tertiary/aromatic N) is 3. The zero-order valence-electron chi connectivity index (χ0n) is 17.6. The molecule has 0 saturated heterocycles. The summed E-state index contributed by atoms with van der Waals surface area (Å²) in [7, 11) is 2.52. The summed E-state index contributed by atoms with van der Waals surface area (Å²) in [4.78, 5) is 2.51. The number of anilines is 1. The number of rotatable bonds is 7. The molecule has 1 atom stereocenters. The first-order valence-electron chi connectivity index (χ1n) is 9.56. The number of nitrogens with one attached hydrogen (secondary N) is 1. The van der Waals surface area contributed by atoms with Crippen molar-refractivity contribution in [3.8, 4) is 11.1 Å². The maximum absolute atomic E-state index is 12.9. The van der Waals surface area contributed by atoms with Gasteiger partial charge in [0.1, 0.15) is 5.69 Å². The number of hydrogen-bond acceptors (Lipinski definition) is 3. The van der Waals surface area contributed by atoms with E-state index in [1.807, 2.05) is 33.0 Å². The Bertz CT molecular complexity index is 1040. The molecule has 6 nitrogen and oxygen atoms in total. The Balaban J connectivity index is 1.81. The molecule has 1 heterocycles. The predicted molar refractivity (Wildman–Crippen MR) is 119 cm³/mol. The number of aryl methyl sites for hydroxylation is 2. The second-order valence-corrected chi connectivity index (χ2v) is 9.30. The van der Waals surface area contributed by atoms with E-state index in [1.54, 1.807) is 16.8 Å². The van der Waals surface area contributed by atoms with Crippen LogP contribution in [0.15, 0.2) is 53.4 Å². The molecule has 0 amide bonds. The lowest BCUT2D eigenvalue weighted by molar-refractivity contribution is 0.413. The average molecular weight is 414 g/mol. The Morgan fingerprint density at radius 1 is 1.10 bits per heavy atom. The molecule has 0 radical (unpaired) electrons. The molecule has 2 N–H and O–H groups in total. The molecule has 0 aliphatic heterocycles. The summed E-state index contributed by atoms with van der Waals surface area (Å²) < 4.78 is 28.0. The van der Waals surface area contributed by atoms with Gasteiger partial charge in [0, 0.05) is 13.6 Å². The SMILES string of the molecule is Cc1nn(C)c(C)c1N[S+](=O)(O)c1ccc(-c2cccc(CCN(C)C)c2)cc1. The molecule has 0 saturated carbocycles. The molecule has 1 unspecified atom stereocenters. The van der Waals surface area contributed by atoms with Gasteiger partial charge in [0.05, 0.1) is 11.4 Å². The zero-order valence-corrected chi connectivity index (χ0v) is 18.5. The van der Waals surface area contributed by atoms with Gasteiger partial charge in [-0.2, -0.15) is 14.4 Å². The Morgan fingerprint density at radius 2 is 1.79 bits per heavy atom. The van der Waals surface area contributed by atoms with E-state index in [0.717, 1.165) is 29.8 Å². The van der Waals surface area contributed by atoms with Crippen LogP contribution in [0.3, 0.4) is 0 Å². The summed E-state index contributed by atoms with van der Waals surface area (Å²) in [6.45, 7) is 4.68. The highest BCUT2D eigenvalue weighted by Crippen LogP contribution is 2.28. The fourth-order valence-electron chi connectivity index (χ4n) is 3.21. The minimum absolute atomic E-state index is 0.340. The van der Waals surface area contributed by atoms with Gasteiger partial charge in [-0.15, -0.1) is 0 Å². The van der Waals surface area contributed by atoms with Crippen LogP contribution in [-0.2, 0) is 28.1 Å². The van der Waals surface area contributed by atoms with Crippen molar-refractivity contribution in [2.24, 2.45) is 7.05 Å². The third-order valence-corrected chi connectivity index (χ3v) is 6.42. The van der Waals surface area contributed by atoms with E-state index >= 15 is 0 Å². The van der Waals surface area contributed by atoms with Gasteiger partial charge in [0.15, 0.2) is 0 Å². The second kappa shape index (κ2) is 8.49. The lowest BCUT2D eigenvalue weighted by atomic mass is 10.0. The van der Waals surface area contributed by atoms with Gasteiger partial charge in [0.25, 0.3) is 0 Å². The van der Waals surface area contributed by atoms with Gasteiger partial charge in [-0.1, -0.05) is 24.3 Å². The molecule has 1 aromatic heterocycles. The molecule has 0 fully saturated rings.